The van der Waals surface area contributed by atoms with E-state index in [2.05, 4.69) is 15.6 Å². The molecule has 0 aliphatic carbocycles. The number of amides is 1. The number of methoxy groups -OCH3 is 3. The molecule has 0 spiro atoms. The van der Waals surface area contributed by atoms with Crippen LogP contribution in [0.4, 0.5) is 5.69 Å². The van der Waals surface area contributed by atoms with Crippen molar-refractivity contribution in [1.82, 2.24) is 10.2 Å². The highest BCUT2D eigenvalue weighted by Gasteiger charge is 2.08. The molecule has 0 unspecified atom stereocenters. The molecule has 8 nitrogen and oxygen atoms in total. The van der Waals surface area contributed by atoms with Crippen LogP contribution in [0.25, 0.3) is 0 Å². The van der Waals surface area contributed by atoms with E-state index in [-0.39, 0.29) is 36.4 Å². The molecule has 9 heteroatoms. The quantitative estimate of drug-likeness (QED) is 0.288. The molecule has 0 aromatic heterocycles. The van der Waals surface area contributed by atoms with Crippen LogP contribution in [0, 0.1) is 0 Å². The molecular formula is C22H31IN4O4. The second-order valence-corrected chi connectivity index (χ2v) is 6.67. The number of carbonyl (C=O) groups is 1. The predicted molar refractivity (Wildman–Crippen MR) is 134 cm³/mol. The summed E-state index contributed by atoms with van der Waals surface area (Å²) in [6.07, 6.45) is 0.790. The van der Waals surface area contributed by atoms with Crippen LogP contribution in [0.15, 0.2) is 47.5 Å². The molecule has 0 fully saturated rings. The molecule has 0 saturated heterocycles. The summed E-state index contributed by atoms with van der Waals surface area (Å²) in [6.45, 7) is 0.680. The van der Waals surface area contributed by atoms with E-state index in [9.17, 15) is 4.79 Å². The lowest BCUT2D eigenvalue weighted by Gasteiger charge is -2.15. The summed E-state index contributed by atoms with van der Waals surface area (Å²) in [7, 11) is 8.23. The van der Waals surface area contributed by atoms with Gasteiger partial charge in [-0.05, 0) is 36.2 Å². The van der Waals surface area contributed by atoms with Crippen molar-refractivity contribution in [2.24, 2.45) is 4.99 Å². The van der Waals surface area contributed by atoms with E-state index < -0.39 is 0 Å². The summed E-state index contributed by atoms with van der Waals surface area (Å²) in [5.41, 5.74) is 1.93. The number of guanidine groups is 1. The number of aliphatic imine (C=N–C) groups is 1. The van der Waals surface area contributed by atoms with Gasteiger partial charge in [-0.3, -0.25) is 4.79 Å². The molecule has 0 atom stereocenters. The Labute approximate surface area is 201 Å². The second-order valence-electron chi connectivity index (χ2n) is 6.67. The van der Waals surface area contributed by atoms with Crippen molar-refractivity contribution < 1.29 is 19.0 Å². The first-order valence-electron chi connectivity index (χ1n) is 9.57. The van der Waals surface area contributed by atoms with E-state index in [1.54, 1.807) is 41.5 Å². The number of likely N-dealkylation sites (N-methyl/N-ethyl adjacent to an activating group) is 1. The average Bonchev–Trinajstić information content (AvgIpc) is 2.77. The number of nitrogens with zero attached hydrogens (tertiary/aromatic N) is 2. The number of carbonyl (C=O) groups excluding carboxylic acids is 1. The fourth-order valence-corrected chi connectivity index (χ4v) is 2.60. The maximum atomic E-state index is 12.0. The number of rotatable bonds is 9. The Hall–Kier alpha value is -2.69. The zero-order valence-corrected chi connectivity index (χ0v) is 20.9. The second kappa shape index (κ2) is 13.6. The number of ether oxygens (including phenoxy) is 3. The topological polar surface area (TPSA) is 84.4 Å². The fourth-order valence-electron chi connectivity index (χ4n) is 2.60. The molecule has 2 aromatic carbocycles. The minimum absolute atomic E-state index is 0. The summed E-state index contributed by atoms with van der Waals surface area (Å²) in [5.74, 6) is 2.48. The van der Waals surface area contributed by atoms with Crippen LogP contribution in [0.2, 0.25) is 0 Å². The van der Waals surface area contributed by atoms with Crippen molar-refractivity contribution in [3.8, 4) is 17.2 Å². The third kappa shape index (κ3) is 8.52. The lowest BCUT2D eigenvalue weighted by Crippen LogP contribution is -2.34. The third-order valence-electron chi connectivity index (χ3n) is 4.38. The van der Waals surface area contributed by atoms with E-state index in [1.807, 2.05) is 36.4 Å². The van der Waals surface area contributed by atoms with Crippen molar-refractivity contribution in [3.63, 3.8) is 0 Å². The first-order valence-corrected chi connectivity index (χ1v) is 9.57. The zero-order chi connectivity index (χ0) is 21.9. The maximum absolute atomic E-state index is 12.0. The van der Waals surface area contributed by atoms with Crippen molar-refractivity contribution in [2.75, 3.05) is 53.8 Å². The van der Waals surface area contributed by atoms with E-state index >= 15 is 0 Å². The highest BCUT2D eigenvalue weighted by Crippen LogP contribution is 2.29. The largest absolute Gasteiger partial charge is 0.497 e. The molecule has 170 valence electrons. The van der Waals surface area contributed by atoms with E-state index in [0.717, 1.165) is 23.4 Å². The van der Waals surface area contributed by atoms with Gasteiger partial charge in [0.15, 0.2) is 17.5 Å². The third-order valence-corrected chi connectivity index (χ3v) is 4.38. The van der Waals surface area contributed by atoms with Crippen LogP contribution in [0.3, 0.4) is 0 Å². The minimum Gasteiger partial charge on any atom is -0.497 e. The van der Waals surface area contributed by atoms with Crippen LogP contribution < -0.4 is 24.8 Å². The van der Waals surface area contributed by atoms with Crippen LogP contribution in [0.1, 0.15) is 5.56 Å². The van der Waals surface area contributed by atoms with Gasteiger partial charge in [-0.15, -0.1) is 24.0 Å². The van der Waals surface area contributed by atoms with Crippen LogP contribution >= 0.6 is 24.0 Å². The molecule has 0 aliphatic rings. The van der Waals surface area contributed by atoms with E-state index in [4.69, 9.17) is 14.2 Å². The Kier molecular flexibility index (Phi) is 11.5. The molecular weight excluding hydrogens is 511 g/mol. The van der Waals surface area contributed by atoms with E-state index in [1.165, 1.54) is 4.90 Å². The molecule has 31 heavy (non-hydrogen) atoms. The van der Waals surface area contributed by atoms with E-state index in [0.29, 0.717) is 24.0 Å². The fraction of sp³-hybridized carbons (Fsp3) is 0.364. The highest BCUT2D eigenvalue weighted by atomic mass is 127. The van der Waals surface area contributed by atoms with Gasteiger partial charge in [0, 0.05) is 32.4 Å². The van der Waals surface area contributed by atoms with Crippen molar-refractivity contribution in [3.05, 3.63) is 48.0 Å². The van der Waals surface area contributed by atoms with Crippen molar-refractivity contribution >= 4 is 41.5 Å². The molecule has 2 N–H and O–H groups in total. The standard InChI is InChI=1S/C22H30N4O4.HI/c1-26(2)21(27)15-24-22(23-13-12-16-6-9-18(28-3)10-7-16)25-17-8-11-19(29-4)20(14-17)30-5;/h6-11,14H,12-13,15H2,1-5H3,(H2,23,24,25);1H. The molecule has 1 amide bonds. The first kappa shape index (κ1) is 26.3. The molecule has 0 heterocycles. The predicted octanol–water partition coefficient (Wildman–Crippen LogP) is 3.02. The first-order chi connectivity index (χ1) is 14.5. The Morgan fingerprint density at radius 1 is 0.968 bits per heavy atom. The van der Waals surface area contributed by atoms with Crippen LogP contribution in [-0.2, 0) is 11.2 Å². The van der Waals surface area contributed by atoms with Gasteiger partial charge in [0.05, 0.1) is 21.3 Å². The number of benzene rings is 2. The Morgan fingerprint density at radius 3 is 2.23 bits per heavy atom. The number of hydrogen-bond acceptors (Lipinski definition) is 5. The zero-order valence-electron chi connectivity index (χ0n) is 18.6. The maximum Gasteiger partial charge on any atom is 0.243 e. The smallest absolute Gasteiger partial charge is 0.243 e. The Morgan fingerprint density at radius 2 is 1.65 bits per heavy atom. The SMILES string of the molecule is COc1ccc(CCNC(=NCC(=O)N(C)C)Nc2ccc(OC)c(OC)c2)cc1.I. The van der Waals surface area contributed by atoms with Gasteiger partial charge in [-0.25, -0.2) is 4.99 Å². The number of anilines is 1. The highest BCUT2D eigenvalue weighted by molar-refractivity contribution is 14.0. The molecule has 0 radical (unpaired) electrons. The molecule has 0 aliphatic heterocycles. The molecule has 0 bridgehead atoms. The van der Waals surface area contributed by atoms with Crippen molar-refractivity contribution in [2.45, 2.75) is 6.42 Å². The number of halogens is 1. The lowest BCUT2D eigenvalue weighted by atomic mass is 10.1. The average molecular weight is 542 g/mol. The van der Waals surface area contributed by atoms with Gasteiger partial charge < -0.3 is 29.7 Å². The van der Waals surface area contributed by atoms with Gasteiger partial charge in [0.1, 0.15) is 12.3 Å². The summed E-state index contributed by atoms with van der Waals surface area (Å²) in [4.78, 5) is 17.9. The van der Waals surface area contributed by atoms with Gasteiger partial charge in [0.25, 0.3) is 0 Å². The van der Waals surface area contributed by atoms with Gasteiger partial charge >= 0.3 is 0 Å². The lowest BCUT2D eigenvalue weighted by molar-refractivity contribution is -0.127. The number of nitrogens with one attached hydrogen (secondary N) is 2. The Balaban J connectivity index is 0.00000480. The summed E-state index contributed by atoms with van der Waals surface area (Å²) < 4.78 is 15.8. The van der Waals surface area contributed by atoms with Crippen LogP contribution in [-0.4, -0.2) is 65.3 Å². The Bertz CT molecular complexity index is 857. The van der Waals surface area contributed by atoms with Gasteiger partial charge in [-0.2, -0.15) is 0 Å². The van der Waals surface area contributed by atoms with Gasteiger partial charge in [-0.1, -0.05) is 12.1 Å². The van der Waals surface area contributed by atoms with Gasteiger partial charge in [0.2, 0.25) is 5.91 Å². The molecule has 2 aromatic rings. The summed E-state index contributed by atoms with van der Waals surface area (Å²) in [6, 6.07) is 13.4. The minimum atomic E-state index is -0.0847. The molecule has 0 saturated carbocycles. The normalized spacial score (nSPS) is 10.5. The number of hydrogen-bond donors (Lipinski definition) is 2. The summed E-state index contributed by atoms with van der Waals surface area (Å²) >= 11 is 0. The summed E-state index contributed by atoms with van der Waals surface area (Å²) in [5, 5.41) is 6.49. The monoisotopic (exact) mass is 542 g/mol. The van der Waals surface area contributed by atoms with Crippen molar-refractivity contribution in [1.29, 1.82) is 0 Å². The van der Waals surface area contributed by atoms with Crippen LogP contribution in [0.5, 0.6) is 17.2 Å². The molecule has 2 rings (SSSR count).